The van der Waals surface area contributed by atoms with Gasteiger partial charge in [0.25, 0.3) is 0 Å². The number of aromatic nitrogens is 2. The minimum Gasteiger partial charge on any atom is -0.382 e. The first-order valence-corrected chi connectivity index (χ1v) is 9.30. The summed E-state index contributed by atoms with van der Waals surface area (Å²) in [7, 11) is 0. The van der Waals surface area contributed by atoms with Crippen molar-refractivity contribution >= 4 is 29.1 Å². The van der Waals surface area contributed by atoms with E-state index in [-0.39, 0.29) is 46.5 Å². The number of rotatable bonds is 8. The lowest BCUT2D eigenvalue weighted by atomic mass is 9.95. The van der Waals surface area contributed by atoms with Crippen molar-refractivity contribution in [3.05, 3.63) is 52.2 Å². The third-order valence-corrected chi connectivity index (χ3v) is 4.97. The molecule has 9 heteroatoms. The molecule has 2 atom stereocenters. The van der Waals surface area contributed by atoms with Crippen molar-refractivity contribution < 1.29 is 14.0 Å². The third kappa shape index (κ3) is 4.45. The molecule has 1 amide bonds. The van der Waals surface area contributed by atoms with Crippen LogP contribution in [0.2, 0.25) is 5.02 Å². The summed E-state index contributed by atoms with van der Waals surface area (Å²) in [5.74, 6) is -1.45. The smallest absolute Gasteiger partial charge is 0.218 e. The molecule has 0 radical (unpaired) electrons. The number of nitrogen functional groups attached to an aromatic ring is 1. The number of carbonyl (C=O) groups excluding carboxylic acids is 2. The zero-order valence-electron chi connectivity index (χ0n) is 15.3. The lowest BCUT2D eigenvalue weighted by Gasteiger charge is -2.24. The van der Waals surface area contributed by atoms with Crippen molar-refractivity contribution in [3.63, 3.8) is 0 Å². The van der Waals surface area contributed by atoms with Crippen LogP contribution in [0, 0.1) is 11.7 Å². The largest absolute Gasteiger partial charge is 0.382 e. The Morgan fingerprint density at radius 3 is 2.61 bits per heavy atom. The molecule has 0 unspecified atom stereocenters. The highest BCUT2D eigenvalue weighted by Crippen LogP contribution is 2.43. The summed E-state index contributed by atoms with van der Waals surface area (Å²) in [6.07, 6.45) is 4.39. The number of anilines is 1. The van der Waals surface area contributed by atoms with Crippen LogP contribution in [0.1, 0.15) is 53.8 Å². The van der Waals surface area contributed by atoms with Crippen LogP contribution in [0.15, 0.2) is 24.5 Å². The second-order valence-corrected chi connectivity index (χ2v) is 7.44. The Morgan fingerprint density at radius 1 is 1.32 bits per heavy atom. The zero-order valence-corrected chi connectivity index (χ0v) is 16.0. The molecule has 0 aliphatic heterocycles. The summed E-state index contributed by atoms with van der Waals surface area (Å²) >= 11 is 6.14. The van der Waals surface area contributed by atoms with Crippen LogP contribution in [0.4, 0.5) is 10.2 Å². The fourth-order valence-corrected chi connectivity index (χ4v) is 3.41. The maximum absolute atomic E-state index is 15.4. The molecule has 0 spiro atoms. The van der Waals surface area contributed by atoms with Gasteiger partial charge in [0.05, 0.1) is 23.0 Å². The van der Waals surface area contributed by atoms with Gasteiger partial charge in [0, 0.05) is 24.1 Å². The van der Waals surface area contributed by atoms with Crippen LogP contribution in [0.25, 0.3) is 0 Å². The van der Waals surface area contributed by atoms with Crippen LogP contribution < -0.4 is 16.8 Å². The van der Waals surface area contributed by atoms with Gasteiger partial charge in [-0.2, -0.15) is 0 Å². The van der Waals surface area contributed by atoms with E-state index in [4.69, 9.17) is 23.1 Å². The molecule has 148 valence electrons. The van der Waals surface area contributed by atoms with E-state index >= 15 is 4.39 Å². The number of primary amides is 1. The number of amides is 1. The third-order valence-electron chi connectivity index (χ3n) is 4.65. The van der Waals surface area contributed by atoms with Gasteiger partial charge in [-0.25, -0.2) is 14.4 Å². The second-order valence-electron chi connectivity index (χ2n) is 7.03. The van der Waals surface area contributed by atoms with E-state index in [0.717, 1.165) is 12.8 Å². The highest BCUT2D eigenvalue weighted by molar-refractivity contribution is 6.35. The molecule has 1 heterocycles. The van der Waals surface area contributed by atoms with Crippen LogP contribution >= 0.6 is 11.6 Å². The summed E-state index contributed by atoms with van der Waals surface area (Å²) in [4.78, 5) is 31.7. The Bertz CT molecular complexity index is 902. The summed E-state index contributed by atoms with van der Waals surface area (Å²) in [6.45, 7) is 1.81. The lowest BCUT2D eigenvalue weighted by molar-refractivity contribution is -0.118. The first-order chi connectivity index (χ1) is 13.3. The second kappa shape index (κ2) is 8.20. The number of ketones is 1. The maximum Gasteiger partial charge on any atom is 0.218 e. The first kappa shape index (κ1) is 20.2. The van der Waals surface area contributed by atoms with Gasteiger partial charge in [-0.1, -0.05) is 17.7 Å². The molecule has 1 aromatic carbocycles. The number of hydrogen-bond acceptors (Lipinski definition) is 6. The number of nitrogens with two attached hydrogens (primary N) is 2. The number of benzene rings is 1. The fraction of sp³-hybridized carbons (Fsp3) is 0.368. The molecular weight excluding hydrogens is 385 g/mol. The summed E-state index contributed by atoms with van der Waals surface area (Å²) in [6, 6.07) is 2.47. The molecule has 28 heavy (non-hydrogen) atoms. The number of carbonyl (C=O) groups is 2. The van der Waals surface area contributed by atoms with Gasteiger partial charge in [-0.3, -0.25) is 9.59 Å². The predicted octanol–water partition coefficient (Wildman–Crippen LogP) is 2.39. The van der Waals surface area contributed by atoms with E-state index in [9.17, 15) is 9.59 Å². The molecule has 5 N–H and O–H groups in total. The molecule has 0 bridgehead atoms. The monoisotopic (exact) mass is 405 g/mol. The molecule has 0 saturated heterocycles. The molecule has 1 fully saturated rings. The summed E-state index contributed by atoms with van der Waals surface area (Å²) in [5, 5.41) is 3.25. The Balaban J connectivity index is 1.95. The molecular formula is C19H21ClFN5O2. The highest BCUT2D eigenvalue weighted by Gasteiger charge is 2.36. The van der Waals surface area contributed by atoms with Gasteiger partial charge in [0.2, 0.25) is 11.7 Å². The Kier molecular flexibility index (Phi) is 5.90. The lowest BCUT2D eigenvalue weighted by Crippen LogP contribution is -2.35. The minimum absolute atomic E-state index is 0.00962. The minimum atomic E-state index is -0.702. The number of nitrogens with zero attached hydrogens (tertiary/aromatic N) is 2. The van der Waals surface area contributed by atoms with E-state index in [1.165, 1.54) is 18.5 Å². The average Bonchev–Trinajstić information content (AvgIpc) is 3.45. The van der Waals surface area contributed by atoms with Gasteiger partial charge >= 0.3 is 0 Å². The van der Waals surface area contributed by atoms with Crippen molar-refractivity contribution in [2.75, 3.05) is 5.73 Å². The van der Waals surface area contributed by atoms with E-state index in [0.29, 0.717) is 5.56 Å². The summed E-state index contributed by atoms with van der Waals surface area (Å²) in [5.41, 5.74) is 10.8. The molecule has 2 aromatic rings. The van der Waals surface area contributed by atoms with E-state index < -0.39 is 17.5 Å². The molecule has 1 aromatic heterocycles. The number of halogens is 2. The topological polar surface area (TPSA) is 124 Å². The van der Waals surface area contributed by atoms with Gasteiger partial charge in [0.15, 0.2) is 0 Å². The van der Waals surface area contributed by atoms with Crippen LogP contribution in [0.3, 0.4) is 0 Å². The molecule has 7 nitrogen and oxygen atoms in total. The highest BCUT2D eigenvalue weighted by atomic mass is 35.5. The molecule has 3 rings (SSSR count). The van der Waals surface area contributed by atoms with Crippen molar-refractivity contribution in [2.45, 2.75) is 38.3 Å². The zero-order chi connectivity index (χ0) is 20.4. The first-order valence-electron chi connectivity index (χ1n) is 8.92. The van der Waals surface area contributed by atoms with Gasteiger partial charge < -0.3 is 16.8 Å². The van der Waals surface area contributed by atoms with Crippen molar-refractivity contribution in [1.29, 1.82) is 0 Å². The molecule has 1 aliphatic rings. The van der Waals surface area contributed by atoms with Crippen LogP contribution in [0.5, 0.6) is 0 Å². The fourth-order valence-electron chi connectivity index (χ4n) is 3.18. The van der Waals surface area contributed by atoms with Gasteiger partial charge in [0.1, 0.15) is 17.3 Å². The predicted molar refractivity (Wildman–Crippen MR) is 103 cm³/mol. The molecule has 1 aliphatic carbocycles. The van der Waals surface area contributed by atoms with Gasteiger partial charge in [-0.15, -0.1) is 0 Å². The Morgan fingerprint density at radius 2 is 2.04 bits per heavy atom. The van der Waals surface area contributed by atoms with Gasteiger partial charge in [-0.05, 0) is 31.7 Å². The van der Waals surface area contributed by atoms with E-state index in [1.807, 2.05) is 6.92 Å². The van der Waals surface area contributed by atoms with Crippen molar-refractivity contribution in [1.82, 2.24) is 15.3 Å². The van der Waals surface area contributed by atoms with E-state index in [1.54, 1.807) is 6.07 Å². The average molecular weight is 406 g/mol. The Labute approximate surface area is 166 Å². The normalized spacial score (nSPS) is 15.8. The van der Waals surface area contributed by atoms with E-state index in [2.05, 4.69) is 15.3 Å². The SMILES string of the molecule is C[C@@H](CC(N)=O)N[C@@H](c1ccc(Cl)c(C(=O)c2cnc(N)cn2)c1F)C1CC1. The van der Waals surface area contributed by atoms with Crippen LogP contribution in [-0.4, -0.2) is 27.7 Å². The van der Waals surface area contributed by atoms with Crippen molar-refractivity contribution in [2.24, 2.45) is 11.7 Å². The number of hydrogen-bond donors (Lipinski definition) is 3. The van der Waals surface area contributed by atoms with Crippen LogP contribution in [-0.2, 0) is 4.79 Å². The van der Waals surface area contributed by atoms with Crippen molar-refractivity contribution in [3.8, 4) is 0 Å². The quantitative estimate of drug-likeness (QED) is 0.579. The summed E-state index contributed by atoms with van der Waals surface area (Å²) < 4.78 is 15.4. The number of nitrogens with one attached hydrogen (secondary N) is 1. The Hall–Kier alpha value is -2.58. The molecule has 1 saturated carbocycles. The standard InChI is InChI=1S/C19H21ClFN5O2/c1-9(6-15(23)27)26-18(10-2-3-10)11-4-5-12(20)16(17(11)21)19(28)13-7-25-14(22)8-24-13/h4-5,7-10,18,26H,2-3,6H2,1H3,(H2,22,25)(H2,23,27)/t9-,18+/m0/s1. The maximum atomic E-state index is 15.4.